The number of hydrogen-bond acceptors (Lipinski definition) is 9. The first-order valence-corrected chi connectivity index (χ1v) is 9.34. The molecule has 2 N–H and O–H groups in total. The number of nitro groups is 1. The summed E-state index contributed by atoms with van der Waals surface area (Å²) in [5.74, 6) is -1.73. The number of amides is 1. The molecule has 0 spiro atoms. The topological polar surface area (TPSA) is 157 Å². The zero-order valence-electron chi connectivity index (χ0n) is 16.9. The van der Waals surface area contributed by atoms with Gasteiger partial charge in [-0.05, 0) is 18.2 Å². The highest BCUT2D eigenvalue weighted by molar-refractivity contribution is 6.04. The van der Waals surface area contributed by atoms with Gasteiger partial charge in [-0.25, -0.2) is 4.79 Å². The number of para-hydroxylation sites is 1. The number of nitriles is 1. The maximum atomic E-state index is 12.5. The number of fused-ring (bicyclic) bond motifs is 1. The van der Waals surface area contributed by atoms with Gasteiger partial charge in [0.15, 0.2) is 6.61 Å². The van der Waals surface area contributed by atoms with Crippen LogP contribution in [0.2, 0.25) is 0 Å². The number of furan rings is 1. The molecule has 0 aliphatic heterocycles. The summed E-state index contributed by atoms with van der Waals surface area (Å²) in [5.41, 5.74) is 0.476. The number of nitrogens with one attached hydrogen (secondary N) is 2. The lowest BCUT2D eigenvalue weighted by molar-refractivity contribution is -0.384. The Balaban J connectivity index is 1.73. The molecule has 1 heterocycles. The van der Waals surface area contributed by atoms with Gasteiger partial charge in [0.25, 0.3) is 11.6 Å². The first-order chi connectivity index (χ1) is 15.4. The Morgan fingerprint density at radius 1 is 1.25 bits per heavy atom. The lowest BCUT2D eigenvalue weighted by Gasteiger charge is -2.11. The quantitative estimate of drug-likeness (QED) is 0.222. The Hall–Kier alpha value is -4.43. The van der Waals surface area contributed by atoms with Crippen LogP contribution in [0.15, 0.2) is 46.9 Å². The molecule has 2 aromatic carbocycles. The molecule has 0 saturated carbocycles. The molecule has 1 amide bonds. The molecule has 0 bridgehead atoms. The number of non-ortho nitro benzene ring substituents is 1. The minimum absolute atomic E-state index is 0.0887. The van der Waals surface area contributed by atoms with E-state index < -0.39 is 23.4 Å². The molecule has 0 saturated heterocycles. The van der Waals surface area contributed by atoms with Gasteiger partial charge >= 0.3 is 5.97 Å². The summed E-state index contributed by atoms with van der Waals surface area (Å²) >= 11 is 0. The molecule has 32 heavy (non-hydrogen) atoms. The Morgan fingerprint density at radius 3 is 2.75 bits per heavy atom. The SMILES string of the molecule is COCCNc1ccc([N+](=O)[O-])cc1C(=O)OCC(=O)Nc1c(C#N)oc2ccccc12. The molecular weight excluding hydrogens is 420 g/mol. The third kappa shape index (κ3) is 5.00. The fraction of sp³-hybridized carbons (Fsp3) is 0.190. The summed E-state index contributed by atoms with van der Waals surface area (Å²) in [4.78, 5) is 35.3. The van der Waals surface area contributed by atoms with Gasteiger partial charge in [-0.1, -0.05) is 12.1 Å². The van der Waals surface area contributed by atoms with Crippen LogP contribution in [0.1, 0.15) is 16.1 Å². The minimum atomic E-state index is -0.929. The predicted molar refractivity (Wildman–Crippen MR) is 113 cm³/mol. The van der Waals surface area contributed by atoms with Gasteiger partial charge in [0.2, 0.25) is 5.76 Å². The molecule has 0 unspecified atom stereocenters. The Kier molecular flexibility index (Phi) is 6.99. The first-order valence-electron chi connectivity index (χ1n) is 9.34. The molecule has 0 aliphatic rings. The highest BCUT2D eigenvalue weighted by atomic mass is 16.6. The van der Waals surface area contributed by atoms with Crippen molar-refractivity contribution in [3.8, 4) is 6.07 Å². The van der Waals surface area contributed by atoms with Gasteiger partial charge in [0.05, 0.1) is 17.1 Å². The molecule has 3 aromatic rings. The maximum absolute atomic E-state index is 12.5. The maximum Gasteiger partial charge on any atom is 0.341 e. The van der Waals surface area contributed by atoms with Crippen LogP contribution < -0.4 is 10.6 Å². The van der Waals surface area contributed by atoms with Gasteiger partial charge in [0, 0.05) is 36.9 Å². The van der Waals surface area contributed by atoms with Crippen molar-refractivity contribution < 1.29 is 28.4 Å². The third-order valence-electron chi connectivity index (χ3n) is 4.35. The highest BCUT2D eigenvalue weighted by Crippen LogP contribution is 2.30. The van der Waals surface area contributed by atoms with Crippen LogP contribution in [0.4, 0.5) is 17.1 Å². The Bertz CT molecular complexity index is 1210. The van der Waals surface area contributed by atoms with Gasteiger partial charge < -0.3 is 24.5 Å². The van der Waals surface area contributed by atoms with Gasteiger partial charge in [-0.3, -0.25) is 14.9 Å². The van der Waals surface area contributed by atoms with Crippen molar-refractivity contribution in [2.45, 2.75) is 0 Å². The molecule has 0 radical (unpaired) electrons. The molecule has 0 atom stereocenters. The second-order valence-electron chi connectivity index (χ2n) is 6.45. The summed E-state index contributed by atoms with van der Waals surface area (Å²) in [6.45, 7) is 0.0107. The summed E-state index contributed by atoms with van der Waals surface area (Å²) in [7, 11) is 1.51. The number of nitrogens with zero attached hydrogens (tertiary/aromatic N) is 2. The monoisotopic (exact) mass is 438 g/mol. The van der Waals surface area contributed by atoms with Crippen molar-refractivity contribution in [1.82, 2.24) is 0 Å². The second-order valence-corrected chi connectivity index (χ2v) is 6.45. The summed E-state index contributed by atoms with van der Waals surface area (Å²) in [5, 5.41) is 26.3. The van der Waals surface area contributed by atoms with E-state index in [9.17, 15) is 25.0 Å². The molecule has 0 fully saturated rings. The number of hydrogen-bond donors (Lipinski definition) is 2. The van der Waals surface area contributed by atoms with E-state index in [2.05, 4.69) is 10.6 Å². The van der Waals surface area contributed by atoms with Crippen LogP contribution in [0.3, 0.4) is 0 Å². The fourth-order valence-corrected chi connectivity index (χ4v) is 2.89. The van der Waals surface area contributed by atoms with Crippen molar-refractivity contribution >= 4 is 39.9 Å². The van der Waals surface area contributed by atoms with Crippen molar-refractivity contribution in [3.63, 3.8) is 0 Å². The van der Waals surface area contributed by atoms with Crippen LogP contribution in [0.5, 0.6) is 0 Å². The number of carbonyl (C=O) groups is 2. The number of anilines is 2. The number of nitro benzene ring substituents is 1. The van der Waals surface area contributed by atoms with Crippen molar-refractivity contribution in [2.24, 2.45) is 0 Å². The fourth-order valence-electron chi connectivity index (χ4n) is 2.89. The third-order valence-corrected chi connectivity index (χ3v) is 4.35. The van der Waals surface area contributed by atoms with E-state index in [1.807, 2.05) is 6.07 Å². The van der Waals surface area contributed by atoms with Crippen molar-refractivity contribution in [2.75, 3.05) is 37.5 Å². The number of esters is 1. The zero-order chi connectivity index (χ0) is 23.1. The van der Waals surface area contributed by atoms with Crippen LogP contribution in [0, 0.1) is 21.4 Å². The van der Waals surface area contributed by atoms with E-state index in [-0.39, 0.29) is 22.7 Å². The average Bonchev–Trinajstić information content (AvgIpc) is 3.15. The molecular formula is C21H18N4O7. The normalized spacial score (nSPS) is 10.4. The van der Waals surface area contributed by atoms with Gasteiger partial charge in [-0.15, -0.1) is 0 Å². The van der Waals surface area contributed by atoms with E-state index in [0.29, 0.717) is 29.8 Å². The van der Waals surface area contributed by atoms with E-state index in [1.54, 1.807) is 24.3 Å². The van der Waals surface area contributed by atoms with E-state index in [1.165, 1.54) is 19.2 Å². The molecule has 1 aromatic heterocycles. The molecule has 11 heteroatoms. The predicted octanol–water partition coefficient (Wildman–Crippen LogP) is 3.07. The van der Waals surface area contributed by atoms with E-state index >= 15 is 0 Å². The summed E-state index contributed by atoms with van der Waals surface area (Å²) in [6, 6.07) is 12.3. The minimum Gasteiger partial charge on any atom is -0.452 e. The molecule has 0 aliphatic carbocycles. The highest BCUT2D eigenvalue weighted by Gasteiger charge is 2.21. The van der Waals surface area contributed by atoms with Crippen LogP contribution in [-0.4, -0.2) is 43.7 Å². The zero-order valence-corrected chi connectivity index (χ0v) is 16.9. The summed E-state index contributed by atoms with van der Waals surface area (Å²) in [6.07, 6.45) is 0. The van der Waals surface area contributed by atoms with E-state index in [4.69, 9.17) is 13.9 Å². The Morgan fingerprint density at radius 2 is 2.03 bits per heavy atom. The van der Waals surface area contributed by atoms with Crippen LogP contribution in [0.25, 0.3) is 11.0 Å². The summed E-state index contributed by atoms with van der Waals surface area (Å²) < 4.78 is 15.4. The molecule has 164 valence electrons. The van der Waals surface area contributed by atoms with Crippen LogP contribution in [-0.2, 0) is 14.3 Å². The smallest absolute Gasteiger partial charge is 0.341 e. The second kappa shape index (κ2) is 10.1. The Labute approximate surface area is 181 Å². The number of ether oxygens (including phenoxy) is 2. The van der Waals surface area contributed by atoms with Gasteiger partial charge in [0.1, 0.15) is 17.3 Å². The van der Waals surface area contributed by atoms with Crippen molar-refractivity contribution in [1.29, 1.82) is 5.26 Å². The lowest BCUT2D eigenvalue weighted by Crippen LogP contribution is -2.22. The van der Waals surface area contributed by atoms with E-state index in [0.717, 1.165) is 6.07 Å². The van der Waals surface area contributed by atoms with Crippen LogP contribution >= 0.6 is 0 Å². The number of rotatable bonds is 9. The lowest BCUT2D eigenvalue weighted by atomic mass is 10.1. The first kappa shape index (κ1) is 22.3. The standard InChI is InChI=1S/C21H18N4O7/c1-30-9-8-23-16-7-6-13(25(28)29)10-15(16)21(27)31-12-19(26)24-20-14-4-2-3-5-17(14)32-18(20)11-22/h2-7,10,23H,8-9,12H2,1H3,(H,24,26). The average molecular weight is 438 g/mol. The number of carbonyl (C=O) groups excluding carboxylic acids is 2. The molecule has 11 nitrogen and oxygen atoms in total. The molecule has 3 rings (SSSR count). The van der Waals surface area contributed by atoms with Gasteiger partial charge in [-0.2, -0.15) is 5.26 Å². The largest absolute Gasteiger partial charge is 0.452 e. The van der Waals surface area contributed by atoms with Crippen molar-refractivity contribution in [3.05, 3.63) is 63.9 Å². The number of methoxy groups -OCH3 is 1. The number of benzene rings is 2.